The van der Waals surface area contributed by atoms with Gasteiger partial charge in [-0.2, -0.15) is 0 Å². The average Bonchev–Trinajstić information content (AvgIpc) is 3.26. The van der Waals surface area contributed by atoms with Gasteiger partial charge < -0.3 is 19.8 Å². The van der Waals surface area contributed by atoms with Crippen molar-refractivity contribution in [3.8, 4) is 11.1 Å². The van der Waals surface area contributed by atoms with Crippen molar-refractivity contribution in [2.75, 3.05) is 26.3 Å². The third-order valence-corrected chi connectivity index (χ3v) is 6.88. The maximum absolute atomic E-state index is 13.2. The van der Waals surface area contributed by atoms with Crippen molar-refractivity contribution in [1.82, 2.24) is 20.2 Å². The SMILES string of the molecule is CC(C)c1c[nH]c2ncc(-c3cc4c(c([C@@H]5COCCN5C(=O)OC(C)(C)C)c3)CNCC4)cc12. The molecule has 1 aromatic carbocycles. The first-order valence-electron chi connectivity index (χ1n) is 12.6. The Balaban J connectivity index is 1.60. The molecule has 2 N–H and O–H groups in total. The van der Waals surface area contributed by atoms with Gasteiger partial charge in [-0.25, -0.2) is 9.78 Å². The Morgan fingerprint density at radius 1 is 1.23 bits per heavy atom. The van der Waals surface area contributed by atoms with Gasteiger partial charge in [0, 0.05) is 36.4 Å². The Morgan fingerprint density at radius 2 is 2.06 bits per heavy atom. The number of fused-ring (bicyclic) bond motifs is 2. The van der Waals surface area contributed by atoms with Crippen molar-refractivity contribution >= 4 is 17.1 Å². The van der Waals surface area contributed by atoms with Gasteiger partial charge in [-0.1, -0.05) is 19.9 Å². The smallest absolute Gasteiger partial charge is 0.410 e. The summed E-state index contributed by atoms with van der Waals surface area (Å²) in [4.78, 5) is 23.0. The summed E-state index contributed by atoms with van der Waals surface area (Å²) in [5.74, 6) is 0.410. The number of aromatic nitrogens is 2. The zero-order chi connectivity index (χ0) is 24.7. The number of morpholine rings is 1. The normalized spacial score (nSPS) is 18.7. The molecule has 2 aliphatic heterocycles. The fourth-order valence-corrected chi connectivity index (χ4v) is 5.16. The van der Waals surface area contributed by atoms with Crippen molar-refractivity contribution in [2.24, 2.45) is 0 Å². The number of carbonyl (C=O) groups excluding carboxylic acids is 1. The molecular weight excluding hydrogens is 440 g/mol. The molecule has 1 atom stereocenters. The summed E-state index contributed by atoms with van der Waals surface area (Å²) in [5, 5.41) is 4.67. The van der Waals surface area contributed by atoms with Crippen LogP contribution in [0.15, 0.2) is 30.6 Å². The molecule has 1 saturated heterocycles. The lowest BCUT2D eigenvalue weighted by Gasteiger charge is -2.38. The topological polar surface area (TPSA) is 79.5 Å². The highest BCUT2D eigenvalue weighted by atomic mass is 16.6. The summed E-state index contributed by atoms with van der Waals surface area (Å²) in [5.41, 5.74) is 7.57. The van der Waals surface area contributed by atoms with Gasteiger partial charge in [0.15, 0.2) is 0 Å². The maximum Gasteiger partial charge on any atom is 0.410 e. The van der Waals surface area contributed by atoms with Gasteiger partial charge in [0.25, 0.3) is 0 Å². The van der Waals surface area contributed by atoms with E-state index in [1.807, 2.05) is 31.9 Å². The Morgan fingerprint density at radius 3 is 2.83 bits per heavy atom. The van der Waals surface area contributed by atoms with Crippen LogP contribution in [0.2, 0.25) is 0 Å². The van der Waals surface area contributed by atoms with E-state index in [2.05, 4.69) is 48.5 Å². The fraction of sp³-hybridized carbons (Fsp3) is 0.500. The molecule has 0 bridgehead atoms. The van der Waals surface area contributed by atoms with E-state index in [-0.39, 0.29) is 12.1 Å². The monoisotopic (exact) mass is 476 g/mol. The van der Waals surface area contributed by atoms with E-state index in [4.69, 9.17) is 14.5 Å². The lowest BCUT2D eigenvalue weighted by Crippen LogP contribution is -2.46. The first-order chi connectivity index (χ1) is 16.7. The highest BCUT2D eigenvalue weighted by molar-refractivity contribution is 5.85. The molecule has 35 heavy (non-hydrogen) atoms. The maximum atomic E-state index is 13.2. The molecule has 0 aliphatic carbocycles. The number of nitrogens with zero attached hydrogens (tertiary/aromatic N) is 2. The van der Waals surface area contributed by atoms with Gasteiger partial charge in [0.05, 0.1) is 19.3 Å². The van der Waals surface area contributed by atoms with Crippen LogP contribution < -0.4 is 5.32 Å². The predicted molar refractivity (Wildman–Crippen MR) is 138 cm³/mol. The zero-order valence-corrected chi connectivity index (χ0v) is 21.4. The van der Waals surface area contributed by atoms with E-state index in [1.54, 1.807) is 0 Å². The number of rotatable bonds is 3. The van der Waals surface area contributed by atoms with Gasteiger partial charge in [-0.05, 0) is 79.6 Å². The molecule has 1 fully saturated rings. The van der Waals surface area contributed by atoms with Crippen molar-refractivity contribution in [1.29, 1.82) is 0 Å². The predicted octanol–water partition coefficient (Wildman–Crippen LogP) is 5.31. The van der Waals surface area contributed by atoms with Crippen LogP contribution in [-0.2, 0) is 22.4 Å². The fourth-order valence-electron chi connectivity index (χ4n) is 5.16. The highest BCUT2D eigenvalue weighted by Gasteiger charge is 2.34. The van der Waals surface area contributed by atoms with Crippen LogP contribution in [0.5, 0.6) is 0 Å². The first kappa shape index (κ1) is 23.8. The Hall–Kier alpha value is -2.90. The number of H-pyrrole nitrogens is 1. The van der Waals surface area contributed by atoms with Crippen LogP contribution in [0.3, 0.4) is 0 Å². The lowest BCUT2D eigenvalue weighted by atomic mass is 9.87. The number of hydrogen-bond donors (Lipinski definition) is 2. The van der Waals surface area contributed by atoms with E-state index < -0.39 is 5.60 Å². The number of amides is 1. The Bertz CT molecular complexity index is 1240. The minimum Gasteiger partial charge on any atom is -0.444 e. The van der Waals surface area contributed by atoms with Crippen molar-refractivity contribution in [3.05, 3.63) is 52.8 Å². The van der Waals surface area contributed by atoms with Crippen LogP contribution in [0.4, 0.5) is 4.79 Å². The first-order valence-corrected chi connectivity index (χ1v) is 12.6. The summed E-state index contributed by atoms with van der Waals surface area (Å²) >= 11 is 0. The van der Waals surface area contributed by atoms with Crippen LogP contribution in [0, 0.1) is 0 Å². The third-order valence-electron chi connectivity index (χ3n) is 6.88. The third kappa shape index (κ3) is 4.80. The second kappa shape index (κ2) is 9.28. The highest BCUT2D eigenvalue weighted by Crippen LogP contribution is 2.36. The van der Waals surface area contributed by atoms with Crippen LogP contribution >= 0.6 is 0 Å². The second-order valence-electron chi connectivity index (χ2n) is 10.9. The number of benzene rings is 1. The van der Waals surface area contributed by atoms with Gasteiger partial charge in [-0.15, -0.1) is 0 Å². The second-order valence-corrected chi connectivity index (χ2v) is 10.9. The van der Waals surface area contributed by atoms with Crippen LogP contribution in [0.1, 0.15) is 68.8 Å². The molecule has 7 nitrogen and oxygen atoms in total. The molecule has 1 amide bonds. The lowest BCUT2D eigenvalue weighted by molar-refractivity contribution is -0.0333. The van der Waals surface area contributed by atoms with Crippen molar-refractivity contribution < 1.29 is 14.3 Å². The van der Waals surface area contributed by atoms with E-state index in [9.17, 15) is 4.79 Å². The average molecular weight is 477 g/mol. The zero-order valence-electron chi connectivity index (χ0n) is 21.4. The van der Waals surface area contributed by atoms with Gasteiger partial charge >= 0.3 is 6.09 Å². The molecule has 7 heteroatoms. The molecule has 0 unspecified atom stereocenters. The molecule has 0 spiro atoms. The summed E-state index contributed by atoms with van der Waals surface area (Å²) in [6, 6.07) is 6.57. The number of hydrogen-bond acceptors (Lipinski definition) is 5. The summed E-state index contributed by atoms with van der Waals surface area (Å²) in [7, 11) is 0. The quantitative estimate of drug-likeness (QED) is 0.536. The molecule has 5 rings (SSSR count). The minimum absolute atomic E-state index is 0.192. The molecule has 0 saturated carbocycles. The summed E-state index contributed by atoms with van der Waals surface area (Å²) in [6.07, 6.45) is 4.67. The number of carbonyl (C=O) groups is 1. The molecule has 4 heterocycles. The molecular formula is C28H36N4O3. The van der Waals surface area contributed by atoms with E-state index in [0.717, 1.165) is 47.2 Å². The Kier molecular flexibility index (Phi) is 6.32. The van der Waals surface area contributed by atoms with E-state index in [1.165, 1.54) is 16.7 Å². The van der Waals surface area contributed by atoms with Crippen LogP contribution in [-0.4, -0.2) is 52.9 Å². The number of nitrogens with one attached hydrogen (secondary N) is 2. The number of aromatic amines is 1. The molecule has 186 valence electrons. The number of pyridine rings is 1. The van der Waals surface area contributed by atoms with E-state index >= 15 is 0 Å². The van der Waals surface area contributed by atoms with Gasteiger partial charge in [0.2, 0.25) is 0 Å². The summed E-state index contributed by atoms with van der Waals surface area (Å²) in [6.45, 7) is 13.3. The molecule has 2 aliphatic rings. The number of ether oxygens (including phenoxy) is 2. The Labute approximate surface area is 207 Å². The minimum atomic E-state index is -0.547. The standard InChI is InChI=1S/C28H36N4O3/c1-17(2)23-15-31-26-22(23)12-20(13-30-26)19-10-18-6-7-29-14-24(18)21(11-19)25-16-34-9-8-32(25)27(33)35-28(3,4)5/h10-13,15,17,25,29H,6-9,14,16H2,1-5H3,(H,30,31)/t25-/m0/s1. The largest absolute Gasteiger partial charge is 0.444 e. The molecule has 3 aromatic rings. The van der Waals surface area contributed by atoms with Crippen molar-refractivity contribution in [3.63, 3.8) is 0 Å². The summed E-state index contributed by atoms with van der Waals surface area (Å²) < 4.78 is 11.7. The molecule has 2 aromatic heterocycles. The molecule has 0 radical (unpaired) electrons. The van der Waals surface area contributed by atoms with Gasteiger partial charge in [-0.3, -0.25) is 4.90 Å². The van der Waals surface area contributed by atoms with Crippen molar-refractivity contribution in [2.45, 2.75) is 65.1 Å². The van der Waals surface area contributed by atoms with E-state index in [0.29, 0.717) is 25.7 Å². The van der Waals surface area contributed by atoms with Gasteiger partial charge in [0.1, 0.15) is 11.2 Å². The van der Waals surface area contributed by atoms with Crippen LogP contribution in [0.25, 0.3) is 22.2 Å².